The van der Waals surface area contributed by atoms with Crippen molar-refractivity contribution < 1.29 is 0 Å². The van der Waals surface area contributed by atoms with Crippen molar-refractivity contribution in [3.8, 4) is 0 Å². The van der Waals surface area contributed by atoms with Crippen LogP contribution in [-0.4, -0.2) is 5.17 Å². The lowest BCUT2D eigenvalue weighted by atomic mass is 10.1. The van der Waals surface area contributed by atoms with Crippen molar-refractivity contribution in [1.29, 1.82) is 0 Å². The van der Waals surface area contributed by atoms with E-state index in [0.717, 1.165) is 30.5 Å². The molecule has 0 aromatic heterocycles. The maximum atomic E-state index is 5.99. The van der Waals surface area contributed by atoms with Crippen LogP contribution in [0.4, 0.5) is 0 Å². The molecule has 0 unspecified atom stereocenters. The van der Waals surface area contributed by atoms with Crippen molar-refractivity contribution in [3.05, 3.63) is 11.3 Å². The van der Waals surface area contributed by atoms with Gasteiger partial charge in [-0.3, -0.25) is 0 Å². The number of hydrogen-bond donors (Lipinski definition) is 0. The molecule has 0 atom stereocenters. The van der Waals surface area contributed by atoms with Crippen LogP contribution in [0.5, 0.6) is 0 Å². The molecule has 1 aliphatic rings. The van der Waals surface area contributed by atoms with Crippen molar-refractivity contribution in [3.63, 3.8) is 0 Å². The molecule has 0 spiro atoms. The molecule has 0 radical (unpaired) electrons. The minimum Gasteiger partial charge on any atom is -0.221 e. The van der Waals surface area contributed by atoms with Crippen LogP contribution in [0, 0.1) is 0 Å². The quantitative estimate of drug-likeness (QED) is 0.604. The molecule has 0 fully saturated rings. The molecule has 2 nitrogen and oxygen atoms in total. The van der Waals surface area contributed by atoms with Crippen molar-refractivity contribution in [1.82, 2.24) is 0 Å². The zero-order valence-electron chi connectivity index (χ0n) is 8.10. The summed E-state index contributed by atoms with van der Waals surface area (Å²) in [5.74, 6) is -2.56. The predicted molar refractivity (Wildman–Crippen MR) is 66.6 cm³/mol. The lowest BCUT2D eigenvalue weighted by Gasteiger charge is -2.16. The van der Waals surface area contributed by atoms with Crippen LogP contribution in [0.1, 0.15) is 33.1 Å². The van der Waals surface area contributed by atoms with E-state index in [2.05, 4.69) is 16.4 Å². The second kappa shape index (κ2) is 5.03. The Hall–Kier alpha value is 0.510. The third-order valence-corrected chi connectivity index (χ3v) is 4.15. The van der Waals surface area contributed by atoms with E-state index < -0.39 is 5.91 Å². The summed E-state index contributed by atoms with van der Waals surface area (Å²) in [4.78, 5) is 0. The Bertz CT molecular complexity index is 340. The smallest absolute Gasteiger partial charge is 0.221 e. The van der Waals surface area contributed by atoms with E-state index in [1.54, 1.807) is 0 Å². The van der Waals surface area contributed by atoms with Gasteiger partial charge in [0.05, 0.1) is 0 Å². The molecule has 1 aliphatic heterocycles. The molecule has 80 valence electrons. The van der Waals surface area contributed by atoms with Crippen LogP contribution in [0.3, 0.4) is 0 Å². The first-order valence-corrected chi connectivity index (χ1v) is 8.38. The number of halogens is 3. The second-order valence-electron chi connectivity index (χ2n) is 2.98. The van der Waals surface area contributed by atoms with Gasteiger partial charge in [0.15, 0.2) is 0 Å². The number of hydrogen-bond acceptors (Lipinski definition) is 2. The number of allylic oxidation sites excluding steroid dienone is 2. The van der Waals surface area contributed by atoms with Gasteiger partial charge in [-0.05, 0) is 35.3 Å². The normalized spacial score (nSPS) is 20.5. The Morgan fingerprint density at radius 2 is 1.93 bits per heavy atom. The summed E-state index contributed by atoms with van der Waals surface area (Å²) in [6.45, 7) is 4.10. The van der Waals surface area contributed by atoms with Crippen LogP contribution in [0.2, 0.25) is 0 Å². The lowest BCUT2D eigenvalue weighted by Crippen LogP contribution is -2.00. The summed E-state index contributed by atoms with van der Waals surface area (Å²) in [5, 5.41) is 0.435. The van der Waals surface area contributed by atoms with Gasteiger partial charge in [-0.2, -0.15) is 0 Å². The van der Waals surface area contributed by atoms with Crippen LogP contribution in [0.25, 0.3) is 0 Å². The summed E-state index contributed by atoms with van der Waals surface area (Å²) in [6.07, 6.45) is 2.67. The molecule has 0 aromatic rings. The van der Waals surface area contributed by atoms with Gasteiger partial charge in [0.2, 0.25) is 0 Å². The molecule has 0 bridgehead atoms. The molecule has 1 rings (SSSR count). The standard InChI is InChI=1S/C8H12Cl3N2P/c1-3-5-7-6(4-2)8(9)13-14(10,11)12-7/h3-5H2,1-2H3. The summed E-state index contributed by atoms with van der Waals surface area (Å²) < 4.78 is 8.26. The van der Waals surface area contributed by atoms with Crippen LogP contribution >= 0.6 is 40.0 Å². The minimum atomic E-state index is -2.56. The fourth-order valence-electron chi connectivity index (χ4n) is 1.30. The molecule has 1 heterocycles. The van der Waals surface area contributed by atoms with Crippen LogP contribution < -0.4 is 0 Å². The van der Waals surface area contributed by atoms with Gasteiger partial charge in [-0.15, -0.1) is 0 Å². The van der Waals surface area contributed by atoms with E-state index in [1.165, 1.54) is 0 Å². The molecule has 0 saturated carbocycles. The Labute approximate surface area is 99.0 Å². The van der Waals surface area contributed by atoms with E-state index in [0.29, 0.717) is 5.17 Å². The summed E-state index contributed by atoms with van der Waals surface area (Å²) in [7, 11) is 0. The highest BCUT2D eigenvalue weighted by Crippen LogP contribution is 2.65. The van der Waals surface area contributed by atoms with Gasteiger partial charge in [0.1, 0.15) is 5.17 Å². The topological polar surface area (TPSA) is 24.7 Å². The highest BCUT2D eigenvalue weighted by Gasteiger charge is 2.21. The Morgan fingerprint density at radius 1 is 1.29 bits per heavy atom. The monoisotopic (exact) mass is 272 g/mol. The first-order valence-electron chi connectivity index (χ1n) is 4.50. The average Bonchev–Trinajstić information content (AvgIpc) is 2.02. The van der Waals surface area contributed by atoms with Crippen molar-refractivity contribution in [2.45, 2.75) is 33.1 Å². The predicted octanol–water partition coefficient (Wildman–Crippen LogP) is 5.53. The summed E-state index contributed by atoms with van der Waals surface area (Å²) >= 11 is 17.8. The van der Waals surface area contributed by atoms with Gasteiger partial charge in [-0.25, -0.2) is 9.51 Å². The highest BCUT2D eigenvalue weighted by molar-refractivity contribution is 8.09. The minimum absolute atomic E-state index is 0.435. The summed E-state index contributed by atoms with van der Waals surface area (Å²) in [6, 6.07) is 0. The molecule has 0 N–H and O–H groups in total. The van der Waals surface area contributed by atoms with Gasteiger partial charge < -0.3 is 0 Å². The molecular weight excluding hydrogens is 261 g/mol. The second-order valence-corrected chi connectivity index (χ2v) is 7.99. The molecular formula is C8H12Cl3N2P. The van der Waals surface area contributed by atoms with E-state index >= 15 is 0 Å². The first-order chi connectivity index (χ1) is 6.50. The van der Waals surface area contributed by atoms with Crippen LogP contribution in [0.15, 0.2) is 20.8 Å². The maximum absolute atomic E-state index is 5.99. The van der Waals surface area contributed by atoms with Gasteiger partial charge in [0.25, 0.3) is 5.91 Å². The van der Waals surface area contributed by atoms with E-state index in [1.807, 2.05) is 6.92 Å². The van der Waals surface area contributed by atoms with Gasteiger partial charge in [0, 0.05) is 11.3 Å². The zero-order valence-corrected chi connectivity index (χ0v) is 11.3. The average molecular weight is 274 g/mol. The third-order valence-electron chi connectivity index (χ3n) is 1.89. The van der Waals surface area contributed by atoms with E-state index in [9.17, 15) is 0 Å². The van der Waals surface area contributed by atoms with Gasteiger partial charge in [-0.1, -0.05) is 31.9 Å². The molecule has 0 aliphatic carbocycles. The molecule has 0 amide bonds. The largest absolute Gasteiger partial charge is 0.254 e. The van der Waals surface area contributed by atoms with Crippen molar-refractivity contribution >= 4 is 45.2 Å². The molecule has 14 heavy (non-hydrogen) atoms. The third kappa shape index (κ3) is 3.00. The number of nitrogens with zero attached hydrogens (tertiary/aromatic N) is 2. The fourth-order valence-corrected chi connectivity index (χ4v) is 3.99. The maximum Gasteiger partial charge on any atom is 0.254 e. The van der Waals surface area contributed by atoms with E-state index in [-0.39, 0.29) is 0 Å². The molecule has 0 aromatic carbocycles. The molecule has 0 saturated heterocycles. The van der Waals surface area contributed by atoms with Gasteiger partial charge >= 0.3 is 0 Å². The van der Waals surface area contributed by atoms with Crippen molar-refractivity contribution in [2.24, 2.45) is 9.51 Å². The van der Waals surface area contributed by atoms with Crippen molar-refractivity contribution in [2.75, 3.05) is 0 Å². The fraction of sp³-hybridized carbons (Fsp3) is 0.625. The Balaban J connectivity index is 3.17. The first kappa shape index (κ1) is 12.6. The van der Waals surface area contributed by atoms with Crippen LogP contribution in [-0.2, 0) is 0 Å². The van der Waals surface area contributed by atoms with E-state index in [4.69, 9.17) is 34.1 Å². The SMILES string of the molecule is CCCC1=C(CC)C(Cl)=NP(Cl)(Cl)=N1. The highest BCUT2D eigenvalue weighted by atomic mass is 35.9. The molecule has 6 heteroatoms. The summed E-state index contributed by atoms with van der Waals surface area (Å²) in [5.41, 5.74) is 1.90. The zero-order chi connectivity index (χ0) is 10.8. The Kier molecular flexibility index (Phi) is 4.52. The Morgan fingerprint density at radius 3 is 2.43 bits per heavy atom. The number of rotatable bonds is 3. The lowest BCUT2D eigenvalue weighted by molar-refractivity contribution is 0.878.